The van der Waals surface area contributed by atoms with E-state index in [2.05, 4.69) is 26.6 Å². The summed E-state index contributed by atoms with van der Waals surface area (Å²) < 4.78 is 1.05. The van der Waals surface area contributed by atoms with Crippen LogP contribution in [0.2, 0.25) is 0 Å². The number of nitrogens with one attached hydrogen (secondary N) is 2. The van der Waals surface area contributed by atoms with Crippen LogP contribution in [-0.2, 0) is 11.2 Å². The van der Waals surface area contributed by atoms with E-state index in [0.717, 1.165) is 26.4 Å². The van der Waals surface area contributed by atoms with Crippen LogP contribution in [0.4, 0.5) is 17.1 Å². The van der Waals surface area contributed by atoms with Crippen LogP contribution in [0.5, 0.6) is 0 Å². The monoisotopic (exact) mass is 386 g/mol. The van der Waals surface area contributed by atoms with Gasteiger partial charge in [-0.2, -0.15) is 0 Å². The number of carbonyl (C=O) groups excluding carboxylic acids is 1. The van der Waals surface area contributed by atoms with Gasteiger partial charge < -0.3 is 10.6 Å². The number of carbonyl (C=O) groups is 1. The number of hydrogen-bond acceptors (Lipinski definition) is 3. The van der Waals surface area contributed by atoms with Gasteiger partial charge in [-0.05, 0) is 60.0 Å². The Bertz CT molecular complexity index is 768. The lowest BCUT2D eigenvalue weighted by Crippen LogP contribution is -2.13. The molecule has 0 aliphatic heterocycles. The van der Waals surface area contributed by atoms with Crippen molar-refractivity contribution >= 4 is 50.2 Å². The van der Waals surface area contributed by atoms with E-state index < -0.39 is 0 Å². The predicted molar refractivity (Wildman–Crippen MR) is 101 cm³/mol. The summed E-state index contributed by atoms with van der Waals surface area (Å²) in [6.45, 7) is 0. The van der Waals surface area contributed by atoms with Gasteiger partial charge in [0.1, 0.15) is 0 Å². The summed E-state index contributed by atoms with van der Waals surface area (Å²) in [7, 11) is 0. The zero-order chi connectivity index (χ0) is 16.1. The summed E-state index contributed by atoms with van der Waals surface area (Å²) in [6, 6.07) is 19.6. The van der Waals surface area contributed by atoms with Gasteiger partial charge in [-0.3, -0.25) is 4.79 Å². The molecule has 3 aromatic rings. The zero-order valence-corrected chi connectivity index (χ0v) is 14.7. The highest BCUT2D eigenvalue weighted by atomic mass is 79.9. The molecule has 0 unspecified atom stereocenters. The highest BCUT2D eigenvalue weighted by Gasteiger charge is 2.05. The fourth-order valence-electron chi connectivity index (χ4n) is 2.11. The van der Waals surface area contributed by atoms with Gasteiger partial charge in [0.25, 0.3) is 0 Å². The number of rotatable bonds is 5. The molecule has 2 N–H and O–H groups in total. The first kappa shape index (κ1) is 15.8. The van der Waals surface area contributed by atoms with E-state index in [0.29, 0.717) is 6.42 Å². The lowest BCUT2D eigenvalue weighted by Gasteiger charge is -2.08. The highest BCUT2D eigenvalue weighted by molar-refractivity contribution is 9.10. The number of halogens is 1. The molecule has 3 nitrogen and oxygen atoms in total. The number of thiophene rings is 1. The third kappa shape index (κ3) is 4.68. The summed E-state index contributed by atoms with van der Waals surface area (Å²) in [6.07, 6.45) is 0.413. The van der Waals surface area contributed by atoms with Crippen molar-refractivity contribution in [3.63, 3.8) is 0 Å². The van der Waals surface area contributed by atoms with Gasteiger partial charge in [0.05, 0.1) is 6.42 Å². The number of anilines is 3. The smallest absolute Gasteiger partial charge is 0.229 e. The van der Waals surface area contributed by atoms with Crippen molar-refractivity contribution in [3.8, 4) is 0 Å². The van der Waals surface area contributed by atoms with E-state index in [-0.39, 0.29) is 5.91 Å². The Morgan fingerprint density at radius 3 is 2.13 bits per heavy atom. The molecule has 5 heteroatoms. The summed E-state index contributed by atoms with van der Waals surface area (Å²) in [4.78, 5) is 13.0. The van der Waals surface area contributed by atoms with Gasteiger partial charge in [-0.25, -0.2) is 0 Å². The number of benzene rings is 2. The van der Waals surface area contributed by atoms with Crippen LogP contribution in [0.25, 0.3) is 0 Å². The van der Waals surface area contributed by atoms with Crippen LogP contribution in [0.1, 0.15) is 4.88 Å². The third-order valence-corrected chi connectivity index (χ3v) is 4.62. The largest absolute Gasteiger partial charge is 0.356 e. The maximum Gasteiger partial charge on any atom is 0.229 e. The standard InChI is InChI=1S/C18H15BrN2OS/c19-13-3-5-14(6-4-13)20-15-7-9-16(10-8-15)21-18(22)12-17-2-1-11-23-17/h1-11,20H,12H2,(H,21,22). The summed E-state index contributed by atoms with van der Waals surface area (Å²) >= 11 is 5.01. The first-order chi connectivity index (χ1) is 11.2. The maximum absolute atomic E-state index is 12.0. The Labute approximate surface area is 147 Å². The quantitative estimate of drug-likeness (QED) is 0.613. The minimum Gasteiger partial charge on any atom is -0.356 e. The average Bonchev–Trinajstić information content (AvgIpc) is 3.04. The Hall–Kier alpha value is -2.11. The molecule has 0 radical (unpaired) electrons. The van der Waals surface area contributed by atoms with Crippen molar-refractivity contribution in [1.29, 1.82) is 0 Å². The molecule has 1 aromatic heterocycles. The molecule has 0 aliphatic carbocycles. The van der Waals surface area contributed by atoms with E-state index in [1.807, 2.05) is 66.0 Å². The molecule has 2 aromatic carbocycles. The molecule has 0 atom stereocenters. The molecule has 0 bridgehead atoms. The fourth-order valence-corrected chi connectivity index (χ4v) is 3.08. The predicted octanol–water partition coefficient (Wildman–Crippen LogP) is 5.44. The lowest BCUT2D eigenvalue weighted by molar-refractivity contribution is -0.115. The third-order valence-electron chi connectivity index (χ3n) is 3.22. The molecule has 0 spiro atoms. The fraction of sp³-hybridized carbons (Fsp3) is 0.0556. The van der Waals surface area contributed by atoms with Crippen LogP contribution in [-0.4, -0.2) is 5.91 Å². The molecular formula is C18H15BrN2OS. The number of hydrogen-bond donors (Lipinski definition) is 2. The van der Waals surface area contributed by atoms with Crippen LogP contribution in [0.3, 0.4) is 0 Å². The van der Waals surface area contributed by atoms with Crippen molar-refractivity contribution in [3.05, 3.63) is 75.4 Å². The van der Waals surface area contributed by atoms with Gasteiger partial charge >= 0.3 is 0 Å². The molecule has 3 rings (SSSR count). The highest BCUT2D eigenvalue weighted by Crippen LogP contribution is 2.21. The molecule has 0 saturated heterocycles. The van der Waals surface area contributed by atoms with Crippen molar-refractivity contribution in [2.75, 3.05) is 10.6 Å². The van der Waals surface area contributed by atoms with Gasteiger partial charge in [0.2, 0.25) is 5.91 Å². The van der Waals surface area contributed by atoms with Crippen molar-refractivity contribution in [1.82, 2.24) is 0 Å². The van der Waals surface area contributed by atoms with Gasteiger partial charge in [0, 0.05) is 26.4 Å². The molecule has 0 fully saturated rings. The Balaban J connectivity index is 1.58. The van der Waals surface area contributed by atoms with E-state index in [9.17, 15) is 4.79 Å². The van der Waals surface area contributed by atoms with E-state index in [1.54, 1.807) is 11.3 Å². The SMILES string of the molecule is O=C(Cc1cccs1)Nc1ccc(Nc2ccc(Br)cc2)cc1. The van der Waals surface area contributed by atoms with Crippen LogP contribution >= 0.6 is 27.3 Å². The van der Waals surface area contributed by atoms with E-state index in [4.69, 9.17) is 0 Å². The second-order valence-corrected chi connectivity index (χ2v) is 6.96. The van der Waals surface area contributed by atoms with Gasteiger partial charge in [-0.15, -0.1) is 11.3 Å². The normalized spacial score (nSPS) is 10.3. The second-order valence-electron chi connectivity index (χ2n) is 5.01. The van der Waals surface area contributed by atoms with Crippen LogP contribution in [0, 0.1) is 0 Å². The maximum atomic E-state index is 12.0. The first-order valence-corrected chi connectivity index (χ1v) is 8.81. The second kappa shape index (κ2) is 7.44. The van der Waals surface area contributed by atoms with Crippen LogP contribution < -0.4 is 10.6 Å². The Kier molecular flexibility index (Phi) is 5.10. The zero-order valence-electron chi connectivity index (χ0n) is 12.3. The van der Waals surface area contributed by atoms with E-state index >= 15 is 0 Å². The Morgan fingerprint density at radius 1 is 0.913 bits per heavy atom. The lowest BCUT2D eigenvalue weighted by atomic mass is 10.2. The first-order valence-electron chi connectivity index (χ1n) is 7.14. The van der Waals surface area contributed by atoms with E-state index in [1.165, 1.54) is 0 Å². The van der Waals surface area contributed by atoms with Crippen molar-refractivity contribution in [2.45, 2.75) is 6.42 Å². The molecule has 1 amide bonds. The molecular weight excluding hydrogens is 372 g/mol. The minimum atomic E-state index is 0.000990. The average molecular weight is 387 g/mol. The van der Waals surface area contributed by atoms with Crippen molar-refractivity contribution < 1.29 is 4.79 Å². The number of amides is 1. The summed E-state index contributed by atoms with van der Waals surface area (Å²) in [5, 5.41) is 8.21. The molecule has 0 saturated carbocycles. The summed E-state index contributed by atoms with van der Waals surface area (Å²) in [5.74, 6) is 0.000990. The summed E-state index contributed by atoms with van der Waals surface area (Å²) in [5.41, 5.74) is 2.79. The van der Waals surface area contributed by atoms with Crippen molar-refractivity contribution in [2.24, 2.45) is 0 Å². The van der Waals surface area contributed by atoms with Gasteiger partial charge in [0.15, 0.2) is 0 Å². The van der Waals surface area contributed by atoms with Crippen LogP contribution in [0.15, 0.2) is 70.5 Å². The molecule has 116 valence electrons. The molecule has 1 heterocycles. The van der Waals surface area contributed by atoms with Gasteiger partial charge in [-0.1, -0.05) is 22.0 Å². The minimum absolute atomic E-state index is 0.000990. The molecule has 0 aliphatic rings. The Morgan fingerprint density at radius 2 is 1.52 bits per heavy atom. The topological polar surface area (TPSA) is 41.1 Å². The molecule has 23 heavy (non-hydrogen) atoms.